The largest absolute Gasteiger partial charge is 0.495 e. The van der Waals surface area contributed by atoms with Crippen LogP contribution in [0.4, 0.5) is 0 Å². The second-order valence-corrected chi connectivity index (χ2v) is 12.3. The summed E-state index contributed by atoms with van der Waals surface area (Å²) in [7, 11) is -5.96. The van der Waals surface area contributed by atoms with Crippen molar-refractivity contribution in [1.82, 2.24) is 4.90 Å². The van der Waals surface area contributed by atoms with Crippen molar-refractivity contribution in [3.05, 3.63) is 23.8 Å². The summed E-state index contributed by atoms with van der Waals surface area (Å²) in [6.07, 6.45) is 1.20. The molecule has 10 heteroatoms. The molecular weight excluding hydrogens is 418 g/mol. The fraction of sp³-hybridized carbons (Fsp3) is 0.684. The van der Waals surface area contributed by atoms with E-state index in [1.165, 1.54) is 7.11 Å². The average molecular weight is 446 g/mol. The third-order valence-electron chi connectivity index (χ3n) is 6.14. The zero-order valence-electron chi connectivity index (χ0n) is 16.7. The van der Waals surface area contributed by atoms with Gasteiger partial charge in [0, 0.05) is 32.0 Å². The molecule has 0 N–H and O–H groups in total. The molecule has 0 aromatic heterocycles. The van der Waals surface area contributed by atoms with E-state index in [0.29, 0.717) is 39.1 Å². The van der Waals surface area contributed by atoms with Crippen LogP contribution >= 0.6 is 0 Å². The summed E-state index contributed by atoms with van der Waals surface area (Å²) in [6, 6.07) is 4.35. The lowest BCUT2D eigenvalue weighted by atomic mass is 10.0. The Balaban J connectivity index is 1.64. The summed E-state index contributed by atoms with van der Waals surface area (Å²) >= 11 is 0. The molecule has 29 heavy (non-hydrogen) atoms. The van der Waals surface area contributed by atoms with Crippen LogP contribution in [0, 0.1) is 6.92 Å². The van der Waals surface area contributed by atoms with Crippen LogP contribution in [0.3, 0.4) is 0 Å². The zero-order chi connectivity index (χ0) is 20.9. The van der Waals surface area contributed by atoms with Crippen LogP contribution in [0.25, 0.3) is 0 Å². The maximum absolute atomic E-state index is 13.5. The summed E-state index contributed by atoms with van der Waals surface area (Å²) in [6.45, 7) is 3.99. The molecule has 0 bridgehead atoms. The number of methoxy groups -OCH3 is 1. The molecule has 1 aromatic carbocycles. The number of sulfone groups is 2. The van der Waals surface area contributed by atoms with Crippen molar-refractivity contribution >= 4 is 19.7 Å². The first-order valence-corrected chi connectivity index (χ1v) is 13.1. The van der Waals surface area contributed by atoms with Gasteiger partial charge in [0.05, 0.1) is 37.1 Å². The Bertz CT molecular complexity index is 974. The van der Waals surface area contributed by atoms with Crippen LogP contribution in [0.5, 0.6) is 5.75 Å². The molecule has 3 saturated heterocycles. The predicted molar refractivity (Wildman–Crippen MR) is 107 cm³/mol. The molecule has 3 heterocycles. The van der Waals surface area contributed by atoms with Crippen LogP contribution in [0.2, 0.25) is 0 Å². The van der Waals surface area contributed by atoms with Crippen molar-refractivity contribution in [3.63, 3.8) is 0 Å². The van der Waals surface area contributed by atoms with E-state index in [0.717, 1.165) is 5.56 Å². The molecule has 0 aliphatic carbocycles. The monoisotopic (exact) mass is 445 g/mol. The van der Waals surface area contributed by atoms with Crippen molar-refractivity contribution < 1.29 is 31.0 Å². The quantitative estimate of drug-likeness (QED) is 0.671. The fourth-order valence-electron chi connectivity index (χ4n) is 4.59. The third kappa shape index (κ3) is 3.93. The number of ether oxygens (including phenoxy) is 3. The van der Waals surface area contributed by atoms with E-state index in [1.807, 2.05) is 4.90 Å². The SMILES string of the molecule is COc1ccc(C)cc1S(=O)(=O)[C@H]1CS(=O)(=O)C[C@@H]1N1CCC2(CC1)OCCO2. The molecule has 0 amide bonds. The molecule has 3 fully saturated rings. The lowest BCUT2D eigenvalue weighted by Crippen LogP contribution is -2.53. The maximum atomic E-state index is 13.5. The van der Waals surface area contributed by atoms with Gasteiger partial charge < -0.3 is 14.2 Å². The minimum atomic E-state index is -3.91. The van der Waals surface area contributed by atoms with Gasteiger partial charge >= 0.3 is 0 Å². The van der Waals surface area contributed by atoms with Crippen molar-refractivity contribution in [3.8, 4) is 5.75 Å². The Morgan fingerprint density at radius 1 is 1.14 bits per heavy atom. The molecular formula is C19H27NO7S2. The van der Waals surface area contributed by atoms with E-state index in [-0.39, 0.29) is 22.2 Å². The molecule has 1 spiro atoms. The number of hydrogen-bond donors (Lipinski definition) is 0. The van der Waals surface area contributed by atoms with E-state index in [9.17, 15) is 16.8 Å². The van der Waals surface area contributed by atoms with E-state index in [2.05, 4.69) is 0 Å². The lowest BCUT2D eigenvalue weighted by molar-refractivity contribution is -0.187. The summed E-state index contributed by atoms with van der Waals surface area (Å²) in [5.41, 5.74) is 0.775. The second-order valence-electron chi connectivity index (χ2n) is 8.03. The van der Waals surface area contributed by atoms with Crippen LogP contribution in [0.1, 0.15) is 18.4 Å². The number of aryl methyl sites for hydroxylation is 1. The van der Waals surface area contributed by atoms with Crippen molar-refractivity contribution in [2.24, 2.45) is 0 Å². The Kier molecular flexibility index (Phi) is 5.44. The molecule has 4 rings (SSSR count). The molecule has 3 aliphatic heterocycles. The van der Waals surface area contributed by atoms with Gasteiger partial charge in [0.1, 0.15) is 10.6 Å². The zero-order valence-corrected chi connectivity index (χ0v) is 18.3. The highest BCUT2D eigenvalue weighted by Crippen LogP contribution is 2.37. The van der Waals surface area contributed by atoms with Crippen LogP contribution in [0.15, 0.2) is 23.1 Å². The van der Waals surface area contributed by atoms with Gasteiger partial charge in [0.25, 0.3) is 0 Å². The Labute approximate surface area is 172 Å². The lowest BCUT2D eigenvalue weighted by Gasteiger charge is -2.41. The Hall–Kier alpha value is -1.20. The first-order valence-electron chi connectivity index (χ1n) is 9.77. The van der Waals surface area contributed by atoms with Crippen molar-refractivity contribution in [2.75, 3.05) is 44.9 Å². The highest BCUT2D eigenvalue weighted by molar-refractivity contribution is 7.96. The van der Waals surface area contributed by atoms with Gasteiger partial charge in [-0.2, -0.15) is 0 Å². The number of piperidine rings is 1. The Morgan fingerprint density at radius 3 is 2.41 bits per heavy atom. The van der Waals surface area contributed by atoms with Crippen LogP contribution in [-0.4, -0.2) is 83.7 Å². The molecule has 162 valence electrons. The van der Waals surface area contributed by atoms with Crippen LogP contribution in [-0.2, 0) is 29.1 Å². The van der Waals surface area contributed by atoms with E-state index >= 15 is 0 Å². The topological polar surface area (TPSA) is 99.2 Å². The number of benzene rings is 1. The van der Waals surface area contributed by atoms with Gasteiger partial charge in [-0.1, -0.05) is 6.07 Å². The minimum Gasteiger partial charge on any atom is -0.495 e. The third-order valence-corrected chi connectivity index (χ3v) is 10.3. The number of likely N-dealkylation sites (tertiary alicyclic amines) is 1. The summed E-state index contributed by atoms with van der Waals surface area (Å²) in [4.78, 5) is 2.04. The molecule has 0 unspecified atom stereocenters. The predicted octanol–water partition coefficient (Wildman–Crippen LogP) is 0.782. The van der Waals surface area contributed by atoms with Gasteiger partial charge in [0.2, 0.25) is 0 Å². The average Bonchev–Trinajstić information content (AvgIpc) is 3.27. The van der Waals surface area contributed by atoms with Crippen molar-refractivity contribution in [2.45, 2.75) is 41.7 Å². The molecule has 8 nitrogen and oxygen atoms in total. The van der Waals surface area contributed by atoms with Gasteiger partial charge in [-0.3, -0.25) is 4.90 Å². The standard InChI is InChI=1S/C19H27NO7S2/c1-14-3-4-16(25-2)17(11-14)29(23,24)18-13-28(21,22)12-15(18)20-7-5-19(6-8-20)26-9-10-27-19/h3-4,11,15,18H,5-10,12-13H2,1-2H3/t15-,18-/m0/s1. The smallest absolute Gasteiger partial charge is 0.187 e. The normalized spacial score (nSPS) is 29.3. The first-order chi connectivity index (χ1) is 13.7. The number of rotatable bonds is 4. The molecule has 0 radical (unpaired) electrons. The van der Waals surface area contributed by atoms with E-state index < -0.39 is 36.8 Å². The van der Waals surface area contributed by atoms with E-state index in [1.54, 1.807) is 25.1 Å². The molecule has 3 aliphatic rings. The van der Waals surface area contributed by atoms with Gasteiger partial charge in [-0.25, -0.2) is 16.8 Å². The maximum Gasteiger partial charge on any atom is 0.187 e. The van der Waals surface area contributed by atoms with Crippen molar-refractivity contribution in [1.29, 1.82) is 0 Å². The summed E-state index contributed by atoms with van der Waals surface area (Å²) < 4.78 is 68.8. The van der Waals surface area contributed by atoms with Gasteiger partial charge in [-0.05, 0) is 24.6 Å². The fourth-order valence-corrected chi connectivity index (χ4v) is 9.66. The molecule has 2 atom stereocenters. The summed E-state index contributed by atoms with van der Waals surface area (Å²) in [5, 5.41) is -1.03. The van der Waals surface area contributed by atoms with Crippen LogP contribution < -0.4 is 4.74 Å². The minimum absolute atomic E-state index is 0.0584. The number of hydrogen-bond acceptors (Lipinski definition) is 8. The summed E-state index contributed by atoms with van der Waals surface area (Å²) in [5.74, 6) is -0.878. The highest BCUT2D eigenvalue weighted by atomic mass is 32.2. The van der Waals surface area contributed by atoms with E-state index in [4.69, 9.17) is 14.2 Å². The second kappa shape index (κ2) is 7.49. The van der Waals surface area contributed by atoms with Gasteiger partial charge in [0.15, 0.2) is 25.5 Å². The van der Waals surface area contributed by atoms with Gasteiger partial charge in [-0.15, -0.1) is 0 Å². The highest BCUT2D eigenvalue weighted by Gasteiger charge is 2.51. The molecule has 1 aromatic rings. The Morgan fingerprint density at radius 2 is 1.79 bits per heavy atom. The number of nitrogens with zero attached hydrogens (tertiary/aromatic N) is 1. The first kappa shape index (κ1) is 21.0. The molecule has 0 saturated carbocycles.